The van der Waals surface area contributed by atoms with E-state index in [0.29, 0.717) is 18.0 Å². The van der Waals surface area contributed by atoms with Gasteiger partial charge < -0.3 is 10.5 Å². The third-order valence-electron chi connectivity index (χ3n) is 2.06. The molecule has 0 heterocycles. The van der Waals surface area contributed by atoms with E-state index in [1.165, 1.54) is 11.4 Å². The molecule has 0 amide bonds. The molecule has 16 heavy (non-hydrogen) atoms. The lowest BCUT2D eigenvalue weighted by atomic mass is 10.3. The smallest absolute Gasteiger partial charge is 0.216 e. The zero-order valence-corrected chi connectivity index (χ0v) is 11.6. The molecule has 0 bridgehead atoms. The molecule has 0 saturated carbocycles. The second-order valence-corrected chi connectivity index (χ2v) is 6.30. The quantitative estimate of drug-likeness (QED) is 0.643. The Morgan fingerprint density at radius 1 is 1.50 bits per heavy atom. The highest BCUT2D eigenvalue weighted by Gasteiger charge is 2.24. The molecule has 2 N–H and O–H groups in total. The Balaban J connectivity index is 4.57. The summed E-state index contributed by atoms with van der Waals surface area (Å²) in [7, 11) is -1.81. The van der Waals surface area contributed by atoms with E-state index in [1.807, 2.05) is 13.8 Å². The zero-order chi connectivity index (χ0) is 12.8. The fraction of sp³-hybridized carbons (Fsp3) is 0.889. The van der Waals surface area contributed by atoms with Gasteiger partial charge in [0, 0.05) is 26.1 Å². The van der Waals surface area contributed by atoms with Crippen molar-refractivity contribution in [2.45, 2.75) is 26.3 Å². The van der Waals surface area contributed by atoms with Gasteiger partial charge in [-0.2, -0.15) is 4.31 Å². The second-order valence-electron chi connectivity index (χ2n) is 3.73. The van der Waals surface area contributed by atoms with Gasteiger partial charge in [-0.25, -0.2) is 8.42 Å². The third-order valence-corrected chi connectivity index (χ3v) is 4.26. The first-order valence-electron chi connectivity index (χ1n) is 5.08. The van der Waals surface area contributed by atoms with Crippen molar-refractivity contribution >= 4 is 27.2 Å². The van der Waals surface area contributed by atoms with Crippen molar-refractivity contribution in [2.24, 2.45) is 5.73 Å². The normalized spacial score (nSPS) is 12.3. The number of methoxy groups -OCH3 is 1. The van der Waals surface area contributed by atoms with Gasteiger partial charge in [-0.15, -0.1) is 0 Å². The van der Waals surface area contributed by atoms with Crippen molar-refractivity contribution in [2.75, 3.05) is 26.0 Å². The molecule has 7 heteroatoms. The number of hydrogen-bond donors (Lipinski definition) is 1. The van der Waals surface area contributed by atoms with E-state index in [2.05, 4.69) is 0 Å². The average molecular weight is 268 g/mol. The Labute approximate surface area is 103 Å². The fourth-order valence-electron chi connectivity index (χ4n) is 1.24. The van der Waals surface area contributed by atoms with Gasteiger partial charge >= 0.3 is 0 Å². The van der Waals surface area contributed by atoms with Crippen LogP contribution in [0.5, 0.6) is 0 Å². The topological polar surface area (TPSA) is 72.6 Å². The van der Waals surface area contributed by atoms with Gasteiger partial charge in [-0.1, -0.05) is 12.2 Å². The maximum atomic E-state index is 11.9. The first-order valence-corrected chi connectivity index (χ1v) is 7.09. The molecule has 5 nitrogen and oxygen atoms in total. The van der Waals surface area contributed by atoms with Crippen molar-refractivity contribution in [3.8, 4) is 0 Å². The van der Waals surface area contributed by atoms with Crippen LogP contribution < -0.4 is 5.73 Å². The maximum Gasteiger partial charge on any atom is 0.216 e. The van der Waals surface area contributed by atoms with Gasteiger partial charge in [-0.05, 0) is 13.8 Å². The molecular weight excluding hydrogens is 248 g/mol. The molecule has 0 unspecified atom stereocenters. The van der Waals surface area contributed by atoms with Gasteiger partial charge in [0.2, 0.25) is 10.0 Å². The van der Waals surface area contributed by atoms with Gasteiger partial charge in [0.15, 0.2) is 0 Å². The summed E-state index contributed by atoms with van der Waals surface area (Å²) in [4.78, 5) is 0.326. The van der Waals surface area contributed by atoms with Crippen LogP contribution in [-0.4, -0.2) is 49.8 Å². The lowest BCUT2D eigenvalue weighted by molar-refractivity contribution is 0.214. The van der Waals surface area contributed by atoms with E-state index >= 15 is 0 Å². The van der Waals surface area contributed by atoms with E-state index in [1.54, 1.807) is 0 Å². The van der Waals surface area contributed by atoms with Gasteiger partial charge in [0.1, 0.15) is 0 Å². The average Bonchev–Trinajstić information content (AvgIpc) is 2.13. The molecule has 0 aliphatic rings. The number of nitrogens with two attached hydrogens (primary N) is 1. The predicted octanol–water partition coefficient (Wildman–Crippen LogP) is 0.349. The molecule has 0 fully saturated rings. The molecule has 0 aliphatic heterocycles. The number of nitrogens with zero attached hydrogens (tertiary/aromatic N) is 1. The summed E-state index contributed by atoms with van der Waals surface area (Å²) < 4.78 is 30.0. The van der Waals surface area contributed by atoms with E-state index in [4.69, 9.17) is 22.7 Å². The first kappa shape index (κ1) is 15.8. The van der Waals surface area contributed by atoms with E-state index in [-0.39, 0.29) is 18.4 Å². The summed E-state index contributed by atoms with van der Waals surface area (Å²) in [5, 5.41) is 0. The Morgan fingerprint density at radius 2 is 2.06 bits per heavy atom. The molecule has 0 rings (SSSR count). The van der Waals surface area contributed by atoms with Crippen LogP contribution in [0.4, 0.5) is 0 Å². The van der Waals surface area contributed by atoms with Gasteiger partial charge in [0.05, 0.1) is 17.3 Å². The molecule has 0 aromatic carbocycles. The summed E-state index contributed by atoms with van der Waals surface area (Å²) in [6.45, 7) is 4.17. The third kappa shape index (κ3) is 5.74. The van der Waals surface area contributed by atoms with Crippen molar-refractivity contribution in [1.82, 2.24) is 4.31 Å². The molecule has 0 aromatic heterocycles. The van der Waals surface area contributed by atoms with Crippen LogP contribution in [0.15, 0.2) is 0 Å². The van der Waals surface area contributed by atoms with Crippen LogP contribution in [0.25, 0.3) is 0 Å². The van der Waals surface area contributed by atoms with E-state index < -0.39 is 10.0 Å². The van der Waals surface area contributed by atoms with Crippen molar-refractivity contribution in [3.05, 3.63) is 0 Å². The van der Waals surface area contributed by atoms with Crippen LogP contribution in [-0.2, 0) is 14.8 Å². The summed E-state index contributed by atoms with van der Waals surface area (Å²) in [5.41, 5.74) is 5.37. The van der Waals surface area contributed by atoms with Crippen molar-refractivity contribution < 1.29 is 13.2 Å². The fourth-order valence-corrected chi connectivity index (χ4v) is 2.96. The first-order chi connectivity index (χ1) is 7.31. The van der Waals surface area contributed by atoms with Crippen LogP contribution in [0.2, 0.25) is 0 Å². The highest BCUT2D eigenvalue weighted by atomic mass is 32.2. The Morgan fingerprint density at radius 3 is 2.44 bits per heavy atom. The zero-order valence-electron chi connectivity index (χ0n) is 9.97. The Hall–Kier alpha value is -0.240. The molecule has 0 aromatic rings. The summed E-state index contributed by atoms with van der Waals surface area (Å²) >= 11 is 4.74. The number of rotatable bonds is 8. The molecule has 0 atom stereocenters. The van der Waals surface area contributed by atoms with Gasteiger partial charge in [-0.3, -0.25) is 0 Å². The molecule has 96 valence electrons. The van der Waals surface area contributed by atoms with Crippen LogP contribution in [0.3, 0.4) is 0 Å². The van der Waals surface area contributed by atoms with E-state index in [0.717, 1.165) is 0 Å². The lowest BCUT2D eigenvalue weighted by Crippen LogP contribution is -2.41. The molecule has 0 aliphatic carbocycles. The molecule has 0 saturated heterocycles. The highest BCUT2D eigenvalue weighted by Crippen LogP contribution is 2.08. The second kappa shape index (κ2) is 7.16. The van der Waals surface area contributed by atoms with Crippen molar-refractivity contribution in [3.63, 3.8) is 0 Å². The molecular formula is C9H20N2O3S2. The summed E-state index contributed by atoms with van der Waals surface area (Å²) in [5.74, 6) is -0.0149. The predicted molar refractivity (Wildman–Crippen MR) is 68.9 cm³/mol. The maximum absolute atomic E-state index is 11.9. The van der Waals surface area contributed by atoms with Crippen LogP contribution in [0, 0.1) is 0 Å². The standard InChI is InChI=1S/C9H20N2O3S2/c1-8(2)11(5-4-9(10)15)16(12,13)7-6-14-3/h8H,4-7H2,1-3H3,(H2,10,15). The largest absolute Gasteiger partial charge is 0.393 e. The minimum atomic E-state index is -3.29. The summed E-state index contributed by atoms with van der Waals surface area (Å²) in [6, 6.07) is -0.101. The monoisotopic (exact) mass is 268 g/mol. The minimum absolute atomic E-state index is 0.0149. The van der Waals surface area contributed by atoms with Crippen molar-refractivity contribution in [1.29, 1.82) is 0 Å². The lowest BCUT2D eigenvalue weighted by Gasteiger charge is -2.25. The molecule has 0 spiro atoms. The number of hydrogen-bond acceptors (Lipinski definition) is 4. The Kier molecular flexibility index (Phi) is 7.05. The minimum Gasteiger partial charge on any atom is -0.393 e. The summed E-state index contributed by atoms with van der Waals surface area (Å²) in [6.07, 6.45) is 0.403. The van der Waals surface area contributed by atoms with E-state index in [9.17, 15) is 8.42 Å². The number of ether oxygens (including phenoxy) is 1. The Bertz CT molecular complexity index is 315. The SMILES string of the molecule is COCCS(=O)(=O)N(CCC(N)=S)C(C)C. The molecule has 0 radical (unpaired) electrons. The number of sulfonamides is 1. The van der Waals surface area contributed by atoms with Crippen LogP contribution in [0.1, 0.15) is 20.3 Å². The van der Waals surface area contributed by atoms with Crippen LogP contribution >= 0.6 is 12.2 Å². The highest BCUT2D eigenvalue weighted by molar-refractivity contribution is 7.89. The van der Waals surface area contributed by atoms with Gasteiger partial charge in [0.25, 0.3) is 0 Å². The number of thiocarbonyl (C=S) groups is 1.